The van der Waals surface area contributed by atoms with Crippen molar-refractivity contribution in [2.45, 2.75) is 38.8 Å². The van der Waals surface area contributed by atoms with Crippen LogP contribution in [0.2, 0.25) is 0 Å². The monoisotopic (exact) mass is 352 g/mol. The first kappa shape index (κ1) is 19.4. The summed E-state index contributed by atoms with van der Waals surface area (Å²) in [5.41, 5.74) is -0.798. The molecule has 1 aliphatic rings. The van der Waals surface area contributed by atoms with Gasteiger partial charge in [-0.3, -0.25) is 9.59 Å². The Morgan fingerprint density at radius 3 is 2.92 bits per heavy atom. The van der Waals surface area contributed by atoms with Gasteiger partial charge < -0.3 is 24.3 Å². The molecule has 0 spiro atoms. The molecule has 140 valence electrons. The Morgan fingerprint density at radius 2 is 2.28 bits per heavy atom. The van der Waals surface area contributed by atoms with Crippen molar-refractivity contribution < 1.29 is 19.1 Å². The molecule has 1 N–H and O–H groups in total. The van der Waals surface area contributed by atoms with Crippen molar-refractivity contribution in [3.63, 3.8) is 0 Å². The molecule has 0 radical (unpaired) electrons. The number of hydrogen-bond donors (Lipinski definition) is 1. The highest BCUT2D eigenvalue weighted by Crippen LogP contribution is 2.21. The molecule has 0 aromatic carbocycles. The van der Waals surface area contributed by atoms with Gasteiger partial charge in [-0.15, -0.1) is 0 Å². The quantitative estimate of drug-likeness (QED) is 0.716. The van der Waals surface area contributed by atoms with Gasteiger partial charge in [0.25, 0.3) is 0 Å². The summed E-state index contributed by atoms with van der Waals surface area (Å²) in [5.74, 6) is 0.825. The van der Waals surface area contributed by atoms with Crippen LogP contribution in [-0.4, -0.2) is 71.8 Å². The fraction of sp³-hybridized carbons (Fsp3) is 0.706. The minimum absolute atomic E-state index is 0.0389. The molecular formula is C17H28N4O4. The maximum Gasteiger partial charge on any atom is 0.223 e. The summed E-state index contributed by atoms with van der Waals surface area (Å²) in [5, 5.41) is 2.92. The highest BCUT2D eigenvalue weighted by Gasteiger charge is 2.37. The number of aryl methyl sites for hydroxylation is 2. The second kappa shape index (κ2) is 8.96. The Balaban J connectivity index is 1.81. The van der Waals surface area contributed by atoms with Crippen LogP contribution in [0.15, 0.2) is 12.4 Å². The van der Waals surface area contributed by atoms with Crippen LogP contribution in [0.1, 0.15) is 25.6 Å². The zero-order valence-corrected chi connectivity index (χ0v) is 15.3. The van der Waals surface area contributed by atoms with Crippen LogP contribution < -0.4 is 5.32 Å². The molecule has 1 saturated heterocycles. The van der Waals surface area contributed by atoms with Crippen LogP contribution in [-0.2, 0) is 25.6 Å². The molecule has 2 amide bonds. The van der Waals surface area contributed by atoms with Crippen molar-refractivity contribution in [3.05, 3.63) is 18.2 Å². The summed E-state index contributed by atoms with van der Waals surface area (Å²) in [6.45, 7) is 6.49. The number of amides is 2. The third-order valence-electron chi connectivity index (χ3n) is 4.53. The number of imidazole rings is 1. The number of ether oxygens (including phenoxy) is 2. The molecule has 1 fully saturated rings. The van der Waals surface area contributed by atoms with Gasteiger partial charge in [-0.2, -0.15) is 0 Å². The lowest BCUT2D eigenvalue weighted by molar-refractivity contribution is -0.139. The zero-order chi connectivity index (χ0) is 18.3. The van der Waals surface area contributed by atoms with Crippen molar-refractivity contribution in [2.24, 2.45) is 0 Å². The lowest BCUT2D eigenvalue weighted by atomic mass is 9.99. The third kappa shape index (κ3) is 5.54. The van der Waals surface area contributed by atoms with E-state index in [0.29, 0.717) is 32.8 Å². The maximum atomic E-state index is 12.3. The van der Waals surface area contributed by atoms with Gasteiger partial charge in [0.05, 0.1) is 26.2 Å². The number of rotatable bonds is 7. The van der Waals surface area contributed by atoms with Crippen molar-refractivity contribution in [1.82, 2.24) is 19.8 Å². The second-order valence-corrected chi connectivity index (χ2v) is 6.43. The van der Waals surface area contributed by atoms with Crippen molar-refractivity contribution in [3.8, 4) is 0 Å². The van der Waals surface area contributed by atoms with Crippen LogP contribution in [0.25, 0.3) is 0 Å². The van der Waals surface area contributed by atoms with Gasteiger partial charge in [0, 0.05) is 46.1 Å². The van der Waals surface area contributed by atoms with E-state index >= 15 is 0 Å². The average molecular weight is 352 g/mol. The standard InChI is InChI=1S/C17H28N4O4/c1-14-18-6-8-20(14)7-4-5-19-16(23)11-17(24-3)12-21(15(2)22)9-10-25-13-17/h6,8H,4-5,7,9-13H2,1-3H3,(H,19,23)/t17-/m0/s1. The molecule has 0 saturated carbocycles. The molecule has 1 atom stereocenters. The molecule has 1 aliphatic heterocycles. The van der Waals surface area contributed by atoms with Gasteiger partial charge in [0.2, 0.25) is 11.8 Å². The van der Waals surface area contributed by atoms with Gasteiger partial charge >= 0.3 is 0 Å². The predicted octanol–water partition coefficient (Wildman–Crippen LogP) is 0.352. The zero-order valence-electron chi connectivity index (χ0n) is 15.3. The average Bonchev–Trinajstić information content (AvgIpc) is 2.86. The van der Waals surface area contributed by atoms with Gasteiger partial charge in [0.1, 0.15) is 11.4 Å². The topological polar surface area (TPSA) is 85.7 Å². The Kier molecular flexibility index (Phi) is 6.95. The number of nitrogens with one attached hydrogen (secondary N) is 1. The number of carbonyl (C=O) groups is 2. The van der Waals surface area contributed by atoms with Crippen LogP contribution in [0.5, 0.6) is 0 Å². The van der Waals surface area contributed by atoms with Gasteiger partial charge in [0.15, 0.2) is 0 Å². The lowest BCUT2D eigenvalue weighted by Gasteiger charge is -2.33. The number of methoxy groups -OCH3 is 1. The summed E-state index contributed by atoms with van der Waals surface area (Å²) in [6.07, 6.45) is 4.68. The maximum absolute atomic E-state index is 12.3. The fourth-order valence-electron chi connectivity index (χ4n) is 2.95. The van der Waals surface area contributed by atoms with Crippen molar-refractivity contribution in [2.75, 3.05) is 40.0 Å². The first-order valence-corrected chi connectivity index (χ1v) is 8.58. The number of carbonyl (C=O) groups excluding carboxylic acids is 2. The first-order valence-electron chi connectivity index (χ1n) is 8.58. The molecule has 2 rings (SSSR count). The molecule has 1 aromatic rings. The van der Waals surface area contributed by atoms with E-state index in [4.69, 9.17) is 9.47 Å². The Labute approximate surface area is 148 Å². The van der Waals surface area contributed by atoms with E-state index in [1.807, 2.05) is 17.7 Å². The van der Waals surface area contributed by atoms with E-state index in [0.717, 1.165) is 18.8 Å². The Hall–Kier alpha value is -1.93. The molecule has 1 aromatic heterocycles. The summed E-state index contributed by atoms with van der Waals surface area (Å²) in [7, 11) is 1.56. The Bertz CT molecular complexity index is 589. The van der Waals surface area contributed by atoms with Crippen LogP contribution >= 0.6 is 0 Å². The summed E-state index contributed by atoms with van der Waals surface area (Å²) < 4.78 is 13.2. The van der Waals surface area contributed by atoms with E-state index < -0.39 is 5.60 Å². The van der Waals surface area contributed by atoms with Gasteiger partial charge in [-0.25, -0.2) is 4.98 Å². The summed E-state index contributed by atoms with van der Waals surface area (Å²) in [4.78, 5) is 29.9. The van der Waals surface area contributed by atoms with Crippen molar-refractivity contribution in [1.29, 1.82) is 0 Å². The molecule has 0 aliphatic carbocycles. The van der Waals surface area contributed by atoms with E-state index in [2.05, 4.69) is 10.3 Å². The number of hydrogen-bond acceptors (Lipinski definition) is 5. The van der Waals surface area contributed by atoms with Crippen LogP contribution in [0, 0.1) is 6.92 Å². The molecule has 0 unspecified atom stereocenters. The second-order valence-electron chi connectivity index (χ2n) is 6.43. The largest absolute Gasteiger partial charge is 0.377 e. The smallest absolute Gasteiger partial charge is 0.223 e. The minimum Gasteiger partial charge on any atom is -0.377 e. The third-order valence-corrected chi connectivity index (χ3v) is 4.53. The number of aromatic nitrogens is 2. The van der Waals surface area contributed by atoms with Gasteiger partial charge in [-0.05, 0) is 13.3 Å². The van der Waals surface area contributed by atoms with E-state index in [9.17, 15) is 9.59 Å². The minimum atomic E-state index is -0.798. The molecule has 8 heteroatoms. The van der Waals surface area contributed by atoms with Crippen molar-refractivity contribution >= 4 is 11.8 Å². The first-order chi connectivity index (χ1) is 12.0. The van der Waals surface area contributed by atoms with E-state index in [1.54, 1.807) is 18.2 Å². The predicted molar refractivity (Wildman–Crippen MR) is 92.0 cm³/mol. The molecule has 8 nitrogen and oxygen atoms in total. The summed E-state index contributed by atoms with van der Waals surface area (Å²) >= 11 is 0. The van der Waals surface area contributed by atoms with Crippen LogP contribution in [0.4, 0.5) is 0 Å². The Morgan fingerprint density at radius 1 is 1.48 bits per heavy atom. The molecular weight excluding hydrogens is 324 g/mol. The van der Waals surface area contributed by atoms with Crippen LogP contribution in [0.3, 0.4) is 0 Å². The fourth-order valence-corrected chi connectivity index (χ4v) is 2.95. The molecule has 0 bridgehead atoms. The molecule has 2 heterocycles. The number of nitrogens with zero attached hydrogens (tertiary/aromatic N) is 3. The van der Waals surface area contributed by atoms with Gasteiger partial charge in [-0.1, -0.05) is 0 Å². The summed E-state index contributed by atoms with van der Waals surface area (Å²) in [6, 6.07) is 0. The van der Waals surface area contributed by atoms with E-state index in [1.165, 1.54) is 6.92 Å². The lowest BCUT2D eigenvalue weighted by Crippen LogP contribution is -2.50. The SMILES string of the molecule is CO[C@]1(CC(=O)NCCCn2ccnc2C)COCCN(C(C)=O)C1. The highest BCUT2D eigenvalue weighted by molar-refractivity contribution is 5.77. The van der Waals surface area contributed by atoms with E-state index in [-0.39, 0.29) is 18.2 Å². The highest BCUT2D eigenvalue weighted by atomic mass is 16.5. The molecule has 25 heavy (non-hydrogen) atoms. The normalized spacial score (nSPS) is 21.0.